The van der Waals surface area contributed by atoms with Gasteiger partial charge in [-0.15, -0.1) is 0 Å². The number of nitrogens with one attached hydrogen (secondary N) is 3. The molecule has 0 bridgehead atoms. The molecule has 0 spiro atoms. The third-order valence-corrected chi connectivity index (χ3v) is 4.06. The molecule has 0 saturated carbocycles. The number of nitrogens with zero attached hydrogens (tertiary/aromatic N) is 2. The second-order valence-corrected chi connectivity index (χ2v) is 6.09. The average Bonchev–Trinajstić information content (AvgIpc) is 2.59. The monoisotopic (exact) mass is 387 g/mol. The number of aromatic amines is 2. The van der Waals surface area contributed by atoms with Gasteiger partial charge in [-0.1, -0.05) is 29.8 Å². The molecule has 1 amide bonds. The van der Waals surface area contributed by atoms with E-state index in [0.29, 0.717) is 16.3 Å². The van der Waals surface area contributed by atoms with E-state index in [1.165, 1.54) is 6.07 Å². The molecule has 0 aliphatic heterocycles. The van der Waals surface area contributed by atoms with Gasteiger partial charge in [-0.3, -0.25) is 29.3 Å². The number of amides is 1. The Bertz CT molecular complexity index is 1190. The summed E-state index contributed by atoms with van der Waals surface area (Å²) >= 11 is 6.07. The maximum atomic E-state index is 12.6. The third kappa shape index (κ3) is 4.04. The number of anilines is 1. The van der Waals surface area contributed by atoms with E-state index in [0.717, 1.165) is 10.8 Å². The largest absolute Gasteiger partial charge is 0.328 e. The standard InChI is InChI=1S/C17H14ClN5O4/c1-9-6-13(24)21-16(20-9)22-14(25)11-7-19-17(27)23(15(11)26)8-10-4-2-3-5-12(10)18/h2-7H,8H2,1H3,(H,19,27)(H2,20,21,22,24,25). The molecular weight excluding hydrogens is 374 g/mol. The molecule has 3 N–H and O–H groups in total. The first-order valence-electron chi connectivity index (χ1n) is 7.80. The van der Waals surface area contributed by atoms with Gasteiger partial charge in [-0.2, -0.15) is 0 Å². The van der Waals surface area contributed by atoms with Crippen molar-refractivity contribution >= 4 is 23.5 Å². The zero-order valence-corrected chi connectivity index (χ0v) is 14.8. The lowest BCUT2D eigenvalue weighted by molar-refractivity contribution is 0.102. The van der Waals surface area contributed by atoms with Crippen LogP contribution < -0.4 is 22.1 Å². The summed E-state index contributed by atoms with van der Waals surface area (Å²) in [5.41, 5.74) is -1.30. The summed E-state index contributed by atoms with van der Waals surface area (Å²) < 4.78 is 0.864. The van der Waals surface area contributed by atoms with Gasteiger partial charge in [0.1, 0.15) is 5.56 Å². The van der Waals surface area contributed by atoms with Crippen LogP contribution >= 0.6 is 11.6 Å². The van der Waals surface area contributed by atoms with Crippen LogP contribution in [0.3, 0.4) is 0 Å². The topological polar surface area (TPSA) is 130 Å². The lowest BCUT2D eigenvalue weighted by Crippen LogP contribution is -2.39. The molecule has 0 aliphatic rings. The second kappa shape index (κ2) is 7.42. The fourth-order valence-electron chi connectivity index (χ4n) is 2.43. The van der Waals surface area contributed by atoms with E-state index < -0.39 is 22.7 Å². The minimum absolute atomic E-state index is 0.103. The van der Waals surface area contributed by atoms with E-state index >= 15 is 0 Å². The van der Waals surface area contributed by atoms with Gasteiger partial charge < -0.3 is 4.98 Å². The van der Waals surface area contributed by atoms with Crippen molar-refractivity contribution in [3.8, 4) is 0 Å². The maximum absolute atomic E-state index is 12.6. The Kier molecular flexibility index (Phi) is 5.04. The van der Waals surface area contributed by atoms with Gasteiger partial charge in [0.25, 0.3) is 17.0 Å². The Morgan fingerprint density at radius 1 is 1.26 bits per heavy atom. The number of hydrogen-bond donors (Lipinski definition) is 3. The van der Waals surface area contributed by atoms with E-state index in [9.17, 15) is 19.2 Å². The fourth-order valence-corrected chi connectivity index (χ4v) is 2.62. The molecule has 0 atom stereocenters. The first-order chi connectivity index (χ1) is 12.8. The lowest BCUT2D eigenvalue weighted by Gasteiger charge is -2.09. The van der Waals surface area contributed by atoms with E-state index in [1.807, 2.05) is 0 Å². The summed E-state index contributed by atoms with van der Waals surface area (Å²) in [6.45, 7) is 1.48. The summed E-state index contributed by atoms with van der Waals surface area (Å²) in [6.07, 6.45) is 1.01. The van der Waals surface area contributed by atoms with Gasteiger partial charge in [0.15, 0.2) is 0 Å². The number of rotatable bonds is 4. The molecule has 0 aliphatic carbocycles. The number of hydrogen-bond acceptors (Lipinski definition) is 5. The van der Waals surface area contributed by atoms with Crippen LogP contribution in [0.2, 0.25) is 5.02 Å². The first-order valence-corrected chi connectivity index (χ1v) is 8.18. The van der Waals surface area contributed by atoms with Crippen LogP contribution in [0.5, 0.6) is 0 Å². The lowest BCUT2D eigenvalue weighted by atomic mass is 10.2. The van der Waals surface area contributed by atoms with Crippen molar-refractivity contribution in [3.63, 3.8) is 0 Å². The first kappa shape index (κ1) is 18.3. The highest BCUT2D eigenvalue weighted by Gasteiger charge is 2.16. The Morgan fingerprint density at radius 2 is 2.00 bits per heavy atom. The molecule has 3 aromatic rings. The Morgan fingerprint density at radius 3 is 2.70 bits per heavy atom. The average molecular weight is 388 g/mol. The molecule has 0 fully saturated rings. The van der Waals surface area contributed by atoms with Gasteiger partial charge in [0, 0.05) is 23.0 Å². The predicted octanol–water partition coefficient (Wildman–Crippen LogP) is 0.882. The normalized spacial score (nSPS) is 10.6. The van der Waals surface area contributed by atoms with Gasteiger partial charge in [0.2, 0.25) is 5.95 Å². The highest BCUT2D eigenvalue weighted by Crippen LogP contribution is 2.15. The fraction of sp³-hybridized carbons (Fsp3) is 0.118. The molecule has 3 rings (SSSR count). The number of aromatic nitrogens is 4. The van der Waals surface area contributed by atoms with Crippen LogP contribution in [0.4, 0.5) is 5.95 Å². The van der Waals surface area contributed by atoms with Crippen LogP contribution in [-0.2, 0) is 6.54 Å². The highest BCUT2D eigenvalue weighted by atomic mass is 35.5. The summed E-state index contributed by atoms with van der Waals surface area (Å²) in [6, 6.07) is 8.00. The number of H-pyrrole nitrogens is 2. The summed E-state index contributed by atoms with van der Waals surface area (Å²) in [5, 5.41) is 2.72. The quantitative estimate of drug-likeness (QED) is 0.612. The molecule has 10 heteroatoms. The Hall–Kier alpha value is -3.46. The number of aryl methyl sites for hydroxylation is 1. The summed E-state index contributed by atoms with van der Waals surface area (Å²) in [4.78, 5) is 57.2. The van der Waals surface area contributed by atoms with Crippen molar-refractivity contribution in [2.75, 3.05) is 5.32 Å². The summed E-state index contributed by atoms with van der Waals surface area (Å²) in [7, 11) is 0. The smallest absolute Gasteiger partial charge is 0.313 e. The number of carbonyl (C=O) groups excluding carboxylic acids is 1. The number of benzene rings is 1. The molecule has 9 nitrogen and oxygen atoms in total. The highest BCUT2D eigenvalue weighted by molar-refractivity contribution is 6.31. The maximum Gasteiger partial charge on any atom is 0.328 e. The summed E-state index contributed by atoms with van der Waals surface area (Å²) in [5.74, 6) is -0.925. The van der Waals surface area contributed by atoms with Crippen molar-refractivity contribution in [2.24, 2.45) is 0 Å². The van der Waals surface area contributed by atoms with E-state index in [4.69, 9.17) is 11.6 Å². The SMILES string of the molecule is Cc1cc(=O)[nH]c(NC(=O)c2c[nH]c(=O)n(Cc3ccccc3Cl)c2=O)n1. The van der Waals surface area contributed by atoms with Crippen LogP contribution in [-0.4, -0.2) is 25.4 Å². The molecule has 2 aromatic heterocycles. The molecule has 1 aromatic carbocycles. The third-order valence-electron chi connectivity index (χ3n) is 3.69. The predicted molar refractivity (Wildman–Crippen MR) is 99.4 cm³/mol. The van der Waals surface area contributed by atoms with Gasteiger partial charge in [-0.25, -0.2) is 9.78 Å². The number of carbonyl (C=O) groups is 1. The van der Waals surface area contributed by atoms with Crippen molar-refractivity contribution in [1.29, 1.82) is 0 Å². The molecule has 138 valence electrons. The zero-order valence-electron chi connectivity index (χ0n) is 14.1. The molecule has 0 unspecified atom stereocenters. The van der Waals surface area contributed by atoms with Crippen LogP contribution in [0.1, 0.15) is 21.6 Å². The van der Waals surface area contributed by atoms with Crippen LogP contribution in [0, 0.1) is 6.92 Å². The van der Waals surface area contributed by atoms with Crippen molar-refractivity contribution in [1.82, 2.24) is 19.5 Å². The molecule has 27 heavy (non-hydrogen) atoms. The van der Waals surface area contributed by atoms with E-state index in [1.54, 1.807) is 31.2 Å². The van der Waals surface area contributed by atoms with Crippen molar-refractivity contribution < 1.29 is 4.79 Å². The van der Waals surface area contributed by atoms with Gasteiger partial charge in [0.05, 0.1) is 6.54 Å². The van der Waals surface area contributed by atoms with Crippen molar-refractivity contribution in [2.45, 2.75) is 13.5 Å². The minimum atomic E-state index is -0.821. The Labute approximate surface area is 156 Å². The van der Waals surface area contributed by atoms with Crippen LogP contribution in [0.25, 0.3) is 0 Å². The minimum Gasteiger partial charge on any atom is -0.313 e. The van der Waals surface area contributed by atoms with Gasteiger partial charge >= 0.3 is 5.69 Å². The molecular formula is C17H14ClN5O4. The van der Waals surface area contributed by atoms with Crippen molar-refractivity contribution in [3.05, 3.63) is 89.6 Å². The second-order valence-electron chi connectivity index (χ2n) is 5.68. The van der Waals surface area contributed by atoms with E-state index in [-0.39, 0.29) is 18.1 Å². The van der Waals surface area contributed by atoms with E-state index in [2.05, 4.69) is 20.3 Å². The zero-order chi connectivity index (χ0) is 19.6. The molecule has 0 radical (unpaired) electrons. The number of halogens is 1. The molecule has 2 heterocycles. The van der Waals surface area contributed by atoms with Crippen LogP contribution in [0.15, 0.2) is 50.9 Å². The Balaban J connectivity index is 1.96. The molecule has 0 saturated heterocycles. The van der Waals surface area contributed by atoms with Gasteiger partial charge in [-0.05, 0) is 18.6 Å².